The van der Waals surface area contributed by atoms with Gasteiger partial charge in [0, 0.05) is 67.8 Å². The van der Waals surface area contributed by atoms with E-state index in [-0.39, 0.29) is 23.0 Å². The Morgan fingerprint density at radius 3 is 1.00 bits per heavy atom. The molecule has 0 aliphatic rings. The van der Waals surface area contributed by atoms with Gasteiger partial charge in [0.1, 0.15) is 34.9 Å². The van der Waals surface area contributed by atoms with Crippen molar-refractivity contribution in [1.82, 2.24) is 9.13 Å². The largest absolute Gasteiger partial charge is 0.309 e. The fourth-order valence-corrected chi connectivity index (χ4v) is 9.72. The summed E-state index contributed by atoms with van der Waals surface area (Å²) in [6, 6.07) is 62.2. The number of fused-ring (bicyclic) bond motifs is 6. The van der Waals surface area contributed by atoms with Crippen molar-refractivity contribution < 1.29 is 26.3 Å². The molecule has 4 nitrogen and oxygen atoms in total. The van der Waals surface area contributed by atoms with Crippen molar-refractivity contribution in [1.29, 1.82) is 0 Å². The maximum absolute atomic E-state index is 15.9. The van der Waals surface area contributed by atoms with Crippen LogP contribution in [0.5, 0.6) is 0 Å². The predicted molar refractivity (Wildman–Crippen MR) is 270 cm³/mol. The lowest BCUT2D eigenvalue weighted by Gasteiger charge is -2.27. The molecule has 10 heteroatoms. The van der Waals surface area contributed by atoms with Crippen LogP contribution in [0, 0.1) is 34.9 Å². The summed E-state index contributed by atoms with van der Waals surface area (Å²) in [5.74, 6) is -3.56. The van der Waals surface area contributed by atoms with Crippen molar-refractivity contribution in [3.63, 3.8) is 0 Å². The third-order valence-electron chi connectivity index (χ3n) is 12.9. The van der Waals surface area contributed by atoms with Crippen LogP contribution in [0.1, 0.15) is 0 Å². The van der Waals surface area contributed by atoms with Crippen LogP contribution in [-0.2, 0) is 0 Å². The van der Waals surface area contributed by atoms with E-state index in [0.29, 0.717) is 22.7 Å². The third kappa shape index (κ3) is 7.28. The molecule has 0 atom stereocenters. The third-order valence-corrected chi connectivity index (χ3v) is 12.9. The quantitative estimate of drug-likeness (QED) is 0.134. The zero-order valence-electron chi connectivity index (χ0n) is 36.8. The molecule has 0 unspecified atom stereocenters. The smallest absolute Gasteiger partial charge is 0.150 e. The van der Waals surface area contributed by atoms with Crippen LogP contribution in [0.2, 0.25) is 0 Å². The predicted octanol–water partition coefficient (Wildman–Crippen LogP) is 17.3. The Morgan fingerprint density at radius 2 is 0.614 bits per heavy atom. The minimum Gasteiger partial charge on any atom is -0.309 e. The molecule has 10 aromatic carbocycles. The molecule has 0 N–H and O–H groups in total. The van der Waals surface area contributed by atoms with Crippen molar-refractivity contribution >= 4 is 77.7 Å². The fourth-order valence-electron chi connectivity index (χ4n) is 9.72. The van der Waals surface area contributed by atoms with Gasteiger partial charge in [0.05, 0.1) is 33.4 Å². The van der Waals surface area contributed by atoms with E-state index >= 15 is 8.78 Å². The second kappa shape index (κ2) is 16.9. The first-order valence-corrected chi connectivity index (χ1v) is 22.5. The van der Waals surface area contributed by atoms with Crippen LogP contribution in [0.25, 0.3) is 66.1 Å². The number of para-hydroxylation sites is 2. The first-order valence-electron chi connectivity index (χ1n) is 22.5. The van der Waals surface area contributed by atoms with Gasteiger partial charge in [-0.05, 0) is 157 Å². The van der Waals surface area contributed by atoms with Gasteiger partial charge >= 0.3 is 0 Å². The average molecular weight is 927 g/mol. The zero-order valence-corrected chi connectivity index (χ0v) is 36.8. The van der Waals surface area contributed by atoms with E-state index in [1.54, 1.807) is 34.1 Å². The Bertz CT molecular complexity index is 3700. The van der Waals surface area contributed by atoms with E-state index in [9.17, 15) is 17.6 Å². The number of aromatic nitrogens is 2. The number of rotatable bonds is 9. The molecule has 0 saturated heterocycles. The summed E-state index contributed by atoms with van der Waals surface area (Å²) in [5.41, 5.74) is 9.57. The molecule has 12 aromatic rings. The van der Waals surface area contributed by atoms with Crippen molar-refractivity contribution in [2.24, 2.45) is 0 Å². The number of nitrogens with zero attached hydrogens (tertiary/aromatic N) is 4. The second-order valence-electron chi connectivity index (χ2n) is 17.0. The highest BCUT2D eigenvalue weighted by Gasteiger charge is 2.23. The molecule has 2 heterocycles. The summed E-state index contributed by atoms with van der Waals surface area (Å²) in [6.07, 6.45) is 0. The van der Waals surface area contributed by atoms with Gasteiger partial charge in [-0.3, -0.25) is 0 Å². The Morgan fingerprint density at radius 1 is 0.271 bits per heavy atom. The van der Waals surface area contributed by atoms with E-state index in [2.05, 4.69) is 9.13 Å². The molecule has 70 heavy (non-hydrogen) atoms. The fraction of sp³-hybridized carbons (Fsp3) is 0. The van der Waals surface area contributed by atoms with Gasteiger partial charge < -0.3 is 18.9 Å². The highest BCUT2D eigenvalue weighted by Crippen LogP contribution is 2.44. The highest BCUT2D eigenvalue weighted by molar-refractivity contribution is 6.12. The number of benzene rings is 10. The van der Waals surface area contributed by atoms with Gasteiger partial charge in [-0.1, -0.05) is 60.7 Å². The lowest BCUT2D eigenvalue weighted by molar-refractivity contribution is 0.583. The van der Waals surface area contributed by atoms with Crippen molar-refractivity contribution in [2.75, 3.05) is 9.80 Å². The van der Waals surface area contributed by atoms with Crippen molar-refractivity contribution in [3.05, 3.63) is 253 Å². The van der Waals surface area contributed by atoms with E-state index in [1.165, 1.54) is 48.5 Å². The highest BCUT2D eigenvalue weighted by atomic mass is 19.2. The van der Waals surface area contributed by atoms with Crippen molar-refractivity contribution in [2.45, 2.75) is 0 Å². The molecular formula is C60H36F6N4. The minimum atomic E-state index is -0.742. The summed E-state index contributed by atoms with van der Waals surface area (Å²) in [7, 11) is 0. The molecule has 0 spiro atoms. The molecule has 12 rings (SSSR count). The maximum Gasteiger partial charge on any atom is 0.150 e. The van der Waals surface area contributed by atoms with Crippen LogP contribution >= 0.6 is 0 Å². The average Bonchev–Trinajstić information content (AvgIpc) is 3.89. The zero-order chi connectivity index (χ0) is 47.6. The first kappa shape index (κ1) is 42.3. The molecule has 0 aliphatic carbocycles. The van der Waals surface area contributed by atoms with Crippen LogP contribution in [-0.4, -0.2) is 9.13 Å². The lowest BCUT2D eigenvalue weighted by Crippen LogP contribution is -2.12. The molecule has 0 aliphatic heterocycles. The molecule has 0 amide bonds. The molecule has 0 radical (unpaired) electrons. The molecule has 0 bridgehead atoms. The van der Waals surface area contributed by atoms with Crippen LogP contribution < -0.4 is 9.80 Å². The Labute approximate surface area is 397 Å². The number of hydrogen-bond acceptors (Lipinski definition) is 2. The first-order chi connectivity index (χ1) is 34.2. The van der Waals surface area contributed by atoms with Gasteiger partial charge in [0.25, 0.3) is 0 Å². The SMILES string of the molecule is Fc1ccc(-n2c3ccccc3c3cc(N(c4ccc(-c5ccc(N(c6ccc7c(c6)c6ccccc6n7-c6ccc(F)cc6)c6ccc(F)cc6F)cc5)cc4)c4ccc(F)cc4F)ccc32)cc1. The summed E-state index contributed by atoms with van der Waals surface area (Å²) in [4.78, 5) is 3.49. The van der Waals surface area contributed by atoms with E-state index in [0.717, 1.165) is 78.2 Å². The number of hydrogen-bond donors (Lipinski definition) is 0. The second-order valence-corrected chi connectivity index (χ2v) is 17.0. The van der Waals surface area contributed by atoms with Crippen LogP contribution in [0.15, 0.2) is 218 Å². The lowest BCUT2D eigenvalue weighted by atomic mass is 10.0. The molecule has 2 aromatic heterocycles. The molecule has 0 fully saturated rings. The monoisotopic (exact) mass is 926 g/mol. The van der Waals surface area contributed by atoms with Gasteiger partial charge in [0.2, 0.25) is 0 Å². The Kier molecular flexibility index (Phi) is 10.2. The number of anilines is 6. The normalized spacial score (nSPS) is 11.6. The Balaban J connectivity index is 0.924. The van der Waals surface area contributed by atoms with Crippen LogP contribution in [0.3, 0.4) is 0 Å². The van der Waals surface area contributed by atoms with Crippen molar-refractivity contribution in [3.8, 4) is 22.5 Å². The molecule has 0 saturated carbocycles. The van der Waals surface area contributed by atoms with E-state index in [1.807, 2.05) is 133 Å². The summed E-state index contributed by atoms with van der Waals surface area (Å²) >= 11 is 0. The van der Waals surface area contributed by atoms with Gasteiger partial charge in [-0.2, -0.15) is 0 Å². The minimum absolute atomic E-state index is 0.145. The standard InChI is InChI=1S/C60H36F6N4/c61-39-13-23-45(24-14-39)69-55-7-3-1-5-49(55)51-35-47(27-31-57(51)69)67(59-29-17-41(63)33-53(59)65)43-19-9-37(10-20-43)38-11-21-44(22-12-38)68(60-30-18-42(64)34-54(60)66)48-28-32-58-52(36-48)50-6-2-4-8-56(50)70(58)46-25-15-40(62)16-26-46/h1-36H. The summed E-state index contributed by atoms with van der Waals surface area (Å²) < 4.78 is 92.7. The van der Waals surface area contributed by atoms with E-state index < -0.39 is 23.3 Å². The summed E-state index contributed by atoms with van der Waals surface area (Å²) in [5, 5.41) is 3.65. The maximum atomic E-state index is 15.9. The Hall–Kier alpha value is -9.02. The van der Waals surface area contributed by atoms with Gasteiger partial charge in [-0.15, -0.1) is 0 Å². The molecule has 338 valence electrons. The van der Waals surface area contributed by atoms with Gasteiger partial charge in [-0.25, -0.2) is 26.3 Å². The topological polar surface area (TPSA) is 16.3 Å². The van der Waals surface area contributed by atoms with Gasteiger partial charge in [0.15, 0.2) is 0 Å². The number of halogens is 6. The molecular weight excluding hydrogens is 891 g/mol. The van der Waals surface area contributed by atoms with E-state index in [4.69, 9.17) is 0 Å². The van der Waals surface area contributed by atoms with Crippen LogP contribution in [0.4, 0.5) is 60.5 Å². The summed E-state index contributed by atoms with van der Waals surface area (Å²) in [6.45, 7) is 0.